The molecular formula is C11H20N2O5. The number of carboxylic acid groups (broad SMARTS) is 1. The molecular weight excluding hydrogens is 240 g/mol. The van der Waals surface area contributed by atoms with Crippen molar-refractivity contribution >= 4 is 12.0 Å². The Kier molecular flexibility index (Phi) is 5.36. The fourth-order valence-electron chi connectivity index (χ4n) is 1.89. The second kappa shape index (κ2) is 6.55. The van der Waals surface area contributed by atoms with Crippen molar-refractivity contribution in [2.24, 2.45) is 0 Å². The van der Waals surface area contributed by atoms with E-state index in [1.165, 1.54) is 0 Å². The lowest BCUT2D eigenvalue weighted by Crippen LogP contribution is -2.57. The van der Waals surface area contributed by atoms with Crippen LogP contribution in [-0.4, -0.2) is 53.6 Å². The van der Waals surface area contributed by atoms with Crippen molar-refractivity contribution < 1.29 is 24.5 Å². The summed E-state index contributed by atoms with van der Waals surface area (Å²) in [6, 6.07) is -1.63. The standard InChI is InChI=1S/C11H20N2O5/c1-11(4-2-6-18-7-11)13-10(17)12-8(3-5-14)9(15)16/h8,14H,2-7H2,1H3,(H,15,16)(H2,12,13,17)/t8-,11?/m1/s1. The number of aliphatic hydroxyl groups is 1. The number of carboxylic acids is 1. The van der Waals surface area contributed by atoms with Gasteiger partial charge in [-0.15, -0.1) is 0 Å². The van der Waals surface area contributed by atoms with Crippen molar-refractivity contribution in [3.8, 4) is 0 Å². The zero-order chi connectivity index (χ0) is 13.6. The van der Waals surface area contributed by atoms with Crippen LogP contribution in [0, 0.1) is 0 Å². The van der Waals surface area contributed by atoms with E-state index in [9.17, 15) is 9.59 Å². The lowest BCUT2D eigenvalue weighted by atomic mass is 9.95. The van der Waals surface area contributed by atoms with E-state index < -0.39 is 23.6 Å². The Labute approximate surface area is 106 Å². The number of nitrogens with one attached hydrogen (secondary N) is 2. The molecule has 1 fully saturated rings. The van der Waals surface area contributed by atoms with Crippen LogP contribution in [0.3, 0.4) is 0 Å². The Morgan fingerprint density at radius 3 is 2.72 bits per heavy atom. The van der Waals surface area contributed by atoms with Crippen molar-refractivity contribution in [3.63, 3.8) is 0 Å². The van der Waals surface area contributed by atoms with E-state index in [2.05, 4.69) is 10.6 Å². The molecule has 1 heterocycles. The summed E-state index contributed by atoms with van der Waals surface area (Å²) in [7, 11) is 0. The largest absolute Gasteiger partial charge is 0.480 e. The molecule has 1 unspecified atom stereocenters. The van der Waals surface area contributed by atoms with Crippen LogP contribution in [0.5, 0.6) is 0 Å². The maximum absolute atomic E-state index is 11.7. The molecule has 0 aromatic carbocycles. The lowest BCUT2D eigenvalue weighted by Gasteiger charge is -2.34. The summed E-state index contributed by atoms with van der Waals surface area (Å²) in [5.41, 5.74) is -0.468. The lowest BCUT2D eigenvalue weighted by molar-refractivity contribution is -0.139. The van der Waals surface area contributed by atoms with Gasteiger partial charge in [-0.1, -0.05) is 0 Å². The molecule has 1 aliphatic heterocycles. The van der Waals surface area contributed by atoms with Crippen LogP contribution >= 0.6 is 0 Å². The Morgan fingerprint density at radius 1 is 1.50 bits per heavy atom. The van der Waals surface area contributed by atoms with Gasteiger partial charge in [-0.25, -0.2) is 9.59 Å². The molecule has 0 aromatic heterocycles. The minimum atomic E-state index is -1.16. The predicted molar refractivity (Wildman–Crippen MR) is 63.3 cm³/mol. The molecule has 2 amide bonds. The van der Waals surface area contributed by atoms with Crippen molar-refractivity contribution in [1.82, 2.24) is 10.6 Å². The molecule has 0 radical (unpaired) electrons. The molecule has 0 aliphatic carbocycles. The molecule has 4 N–H and O–H groups in total. The van der Waals surface area contributed by atoms with Gasteiger partial charge in [-0.2, -0.15) is 0 Å². The fourth-order valence-corrected chi connectivity index (χ4v) is 1.89. The van der Waals surface area contributed by atoms with Crippen LogP contribution in [-0.2, 0) is 9.53 Å². The maximum Gasteiger partial charge on any atom is 0.326 e. The van der Waals surface area contributed by atoms with Gasteiger partial charge in [-0.05, 0) is 19.8 Å². The third kappa shape index (κ3) is 4.50. The van der Waals surface area contributed by atoms with Gasteiger partial charge in [0.05, 0.1) is 12.1 Å². The maximum atomic E-state index is 11.7. The first-order chi connectivity index (χ1) is 8.47. The van der Waals surface area contributed by atoms with Crippen LogP contribution in [0.1, 0.15) is 26.2 Å². The number of hydrogen-bond acceptors (Lipinski definition) is 4. The molecule has 0 bridgehead atoms. The van der Waals surface area contributed by atoms with Gasteiger partial charge in [-0.3, -0.25) is 0 Å². The summed E-state index contributed by atoms with van der Waals surface area (Å²) in [4.78, 5) is 22.5. The normalized spacial score (nSPS) is 25.2. The average molecular weight is 260 g/mol. The number of urea groups is 1. The van der Waals surface area contributed by atoms with E-state index in [4.69, 9.17) is 14.9 Å². The van der Waals surface area contributed by atoms with Gasteiger partial charge in [0.1, 0.15) is 6.04 Å². The Balaban J connectivity index is 2.46. The molecule has 7 nitrogen and oxygen atoms in total. The number of ether oxygens (including phenoxy) is 1. The third-order valence-electron chi connectivity index (χ3n) is 2.87. The van der Waals surface area contributed by atoms with E-state index >= 15 is 0 Å². The Morgan fingerprint density at radius 2 is 2.22 bits per heavy atom. The molecule has 18 heavy (non-hydrogen) atoms. The summed E-state index contributed by atoms with van der Waals surface area (Å²) >= 11 is 0. The Hall–Kier alpha value is -1.34. The molecule has 2 atom stereocenters. The molecule has 1 saturated heterocycles. The van der Waals surface area contributed by atoms with Gasteiger partial charge >= 0.3 is 12.0 Å². The highest BCUT2D eigenvalue weighted by Gasteiger charge is 2.30. The molecule has 1 aliphatic rings. The first-order valence-electron chi connectivity index (χ1n) is 5.97. The number of amides is 2. The van der Waals surface area contributed by atoms with Crippen molar-refractivity contribution in [2.75, 3.05) is 19.8 Å². The van der Waals surface area contributed by atoms with E-state index in [-0.39, 0.29) is 13.0 Å². The van der Waals surface area contributed by atoms with Crippen LogP contribution in [0.25, 0.3) is 0 Å². The van der Waals surface area contributed by atoms with Crippen molar-refractivity contribution in [3.05, 3.63) is 0 Å². The molecule has 104 valence electrons. The number of rotatable bonds is 5. The summed E-state index contributed by atoms with van der Waals surface area (Å²) in [6.07, 6.45) is 1.63. The summed E-state index contributed by atoms with van der Waals surface area (Å²) in [5, 5.41) is 22.6. The van der Waals surface area contributed by atoms with Crippen LogP contribution < -0.4 is 10.6 Å². The number of carbonyl (C=O) groups is 2. The number of aliphatic carboxylic acids is 1. The molecule has 0 saturated carbocycles. The van der Waals surface area contributed by atoms with E-state index in [0.717, 1.165) is 12.8 Å². The zero-order valence-electron chi connectivity index (χ0n) is 10.4. The Bertz CT molecular complexity index is 302. The minimum Gasteiger partial charge on any atom is -0.480 e. The summed E-state index contributed by atoms with van der Waals surface area (Å²) in [5.74, 6) is -1.16. The fraction of sp³-hybridized carbons (Fsp3) is 0.818. The third-order valence-corrected chi connectivity index (χ3v) is 2.87. The van der Waals surface area contributed by atoms with Crippen molar-refractivity contribution in [1.29, 1.82) is 0 Å². The summed E-state index contributed by atoms with van der Waals surface area (Å²) in [6.45, 7) is 2.66. The predicted octanol–water partition coefficient (Wildman–Crippen LogP) is -0.310. The molecule has 7 heteroatoms. The van der Waals surface area contributed by atoms with Gasteiger partial charge in [0.15, 0.2) is 0 Å². The van der Waals surface area contributed by atoms with E-state index in [0.29, 0.717) is 13.2 Å². The SMILES string of the molecule is CC1(NC(=O)N[C@H](CCO)C(=O)O)CCCOC1. The van der Waals surface area contributed by atoms with E-state index in [1.807, 2.05) is 6.92 Å². The monoisotopic (exact) mass is 260 g/mol. The van der Waals surface area contributed by atoms with Gasteiger partial charge in [0.2, 0.25) is 0 Å². The second-order valence-electron chi connectivity index (χ2n) is 4.72. The highest BCUT2D eigenvalue weighted by molar-refractivity contribution is 5.82. The highest BCUT2D eigenvalue weighted by Crippen LogP contribution is 2.17. The minimum absolute atomic E-state index is 0.0179. The molecule has 0 spiro atoms. The topological polar surface area (TPSA) is 108 Å². The van der Waals surface area contributed by atoms with Gasteiger partial charge < -0.3 is 25.6 Å². The first-order valence-corrected chi connectivity index (χ1v) is 5.97. The molecule has 0 aromatic rings. The summed E-state index contributed by atoms with van der Waals surface area (Å²) < 4.78 is 5.29. The highest BCUT2D eigenvalue weighted by atomic mass is 16.5. The van der Waals surface area contributed by atoms with Gasteiger partial charge in [0.25, 0.3) is 0 Å². The average Bonchev–Trinajstić information content (AvgIpc) is 2.28. The number of aliphatic hydroxyl groups excluding tert-OH is 1. The quantitative estimate of drug-likeness (QED) is 0.542. The van der Waals surface area contributed by atoms with Gasteiger partial charge in [0, 0.05) is 19.6 Å². The van der Waals surface area contributed by atoms with Crippen LogP contribution in [0.2, 0.25) is 0 Å². The van der Waals surface area contributed by atoms with Crippen LogP contribution in [0.4, 0.5) is 4.79 Å². The number of carbonyl (C=O) groups excluding carboxylic acids is 1. The second-order valence-corrected chi connectivity index (χ2v) is 4.72. The van der Waals surface area contributed by atoms with E-state index in [1.54, 1.807) is 0 Å². The van der Waals surface area contributed by atoms with Crippen LogP contribution in [0.15, 0.2) is 0 Å². The molecule has 1 rings (SSSR count). The van der Waals surface area contributed by atoms with Crippen molar-refractivity contribution in [2.45, 2.75) is 37.8 Å². The number of hydrogen-bond donors (Lipinski definition) is 4. The first kappa shape index (κ1) is 14.7. The zero-order valence-corrected chi connectivity index (χ0v) is 10.4. The smallest absolute Gasteiger partial charge is 0.326 e.